The molecule has 0 fully saturated rings. The van der Waals surface area contributed by atoms with Gasteiger partial charge in [-0.3, -0.25) is 4.99 Å². The highest BCUT2D eigenvalue weighted by molar-refractivity contribution is 5.79. The van der Waals surface area contributed by atoms with Crippen LogP contribution in [-0.2, 0) is 13.0 Å². The molecule has 2 N–H and O–H groups in total. The van der Waals surface area contributed by atoms with Crippen molar-refractivity contribution in [1.82, 2.24) is 25.3 Å². The van der Waals surface area contributed by atoms with E-state index in [2.05, 4.69) is 44.2 Å². The molecule has 0 bridgehead atoms. The van der Waals surface area contributed by atoms with Crippen molar-refractivity contribution in [1.29, 1.82) is 0 Å². The molecule has 2 rings (SSSR count). The van der Waals surface area contributed by atoms with E-state index in [1.807, 2.05) is 24.5 Å². The van der Waals surface area contributed by atoms with E-state index in [4.69, 9.17) is 4.52 Å². The zero-order chi connectivity index (χ0) is 16.5. The lowest BCUT2D eigenvalue weighted by Gasteiger charge is -2.11. The van der Waals surface area contributed by atoms with Crippen LogP contribution in [0.3, 0.4) is 0 Å². The van der Waals surface area contributed by atoms with Crippen LogP contribution in [0.25, 0.3) is 0 Å². The second kappa shape index (κ2) is 8.97. The topological polar surface area (TPSA) is 80.3 Å². The summed E-state index contributed by atoms with van der Waals surface area (Å²) < 4.78 is 7.36. The van der Waals surface area contributed by atoms with Crippen LogP contribution in [0.4, 0.5) is 0 Å². The van der Waals surface area contributed by atoms with Gasteiger partial charge in [-0.15, -0.1) is 0 Å². The summed E-state index contributed by atoms with van der Waals surface area (Å²) in [6.45, 7) is 6.66. The smallest absolute Gasteiger partial charge is 0.226 e. The molecule has 7 heteroatoms. The van der Waals surface area contributed by atoms with Crippen molar-refractivity contribution in [3.63, 3.8) is 0 Å². The molecule has 0 aliphatic rings. The lowest BCUT2D eigenvalue weighted by molar-refractivity contribution is 0.368. The highest BCUT2D eigenvalue weighted by Gasteiger charge is 2.09. The Morgan fingerprint density at radius 3 is 2.65 bits per heavy atom. The maximum atomic E-state index is 5.23. The van der Waals surface area contributed by atoms with Gasteiger partial charge in [0.1, 0.15) is 0 Å². The van der Waals surface area contributed by atoms with Gasteiger partial charge >= 0.3 is 0 Å². The second-order valence-corrected chi connectivity index (χ2v) is 5.65. The van der Waals surface area contributed by atoms with E-state index in [9.17, 15) is 0 Å². The number of hydrogen-bond donors (Lipinski definition) is 2. The number of aliphatic imine (C=N–C) groups is 1. The first-order valence-electron chi connectivity index (χ1n) is 8.07. The van der Waals surface area contributed by atoms with Gasteiger partial charge in [0.15, 0.2) is 11.8 Å². The molecular weight excluding hydrogens is 292 g/mol. The molecule has 0 saturated heterocycles. The summed E-state index contributed by atoms with van der Waals surface area (Å²) in [7, 11) is 1.78. The fourth-order valence-electron chi connectivity index (χ4n) is 2.09. The third-order valence-electron chi connectivity index (χ3n) is 3.41. The molecule has 7 nitrogen and oxygen atoms in total. The second-order valence-electron chi connectivity index (χ2n) is 5.65. The average Bonchev–Trinajstić information content (AvgIpc) is 3.21. The molecule has 23 heavy (non-hydrogen) atoms. The highest BCUT2D eigenvalue weighted by Crippen LogP contribution is 2.10. The van der Waals surface area contributed by atoms with Crippen LogP contribution in [0.15, 0.2) is 34.0 Å². The van der Waals surface area contributed by atoms with Crippen LogP contribution in [0.1, 0.15) is 37.9 Å². The van der Waals surface area contributed by atoms with Gasteiger partial charge in [0.05, 0.1) is 0 Å². The SMILES string of the molecule is CN=C(NCCCc1nc(C(C)C)no1)NCCn1cccc1. The van der Waals surface area contributed by atoms with Gasteiger partial charge in [-0.2, -0.15) is 4.98 Å². The standard InChI is InChI=1S/C16H26N6O/c1-13(2)15-20-14(23-21-15)7-6-8-18-16(17-3)19-9-12-22-10-4-5-11-22/h4-5,10-11,13H,6-9,12H2,1-3H3,(H2,17,18,19). The van der Waals surface area contributed by atoms with Crippen LogP contribution >= 0.6 is 0 Å². The fourth-order valence-corrected chi connectivity index (χ4v) is 2.09. The molecule has 0 aromatic carbocycles. The average molecular weight is 318 g/mol. The van der Waals surface area contributed by atoms with Crippen LogP contribution in [-0.4, -0.2) is 40.8 Å². The summed E-state index contributed by atoms with van der Waals surface area (Å²) in [6, 6.07) is 4.05. The van der Waals surface area contributed by atoms with Crippen LogP contribution in [0.5, 0.6) is 0 Å². The summed E-state index contributed by atoms with van der Waals surface area (Å²) in [4.78, 5) is 8.58. The first kappa shape index (κ1) is 17.1. The Morgan fingerprint density at radius 2 is 2.00 bits per heavy atom. The number of aromatic nitrogens is 3. The van der Waals surface area contributed by atoms with E-state index in [1.54, 1.807) is 7.05 Å². The number of aryl methyl sites for hydroxylation is 1. The van der Waals surface area contributed by atoms with Crippen molar-refractivity contribution in [3.8, 4) is 0 Å². The molecule has 2 aromatic heterocycles. The normalized spacial score (nSPS) is 11.9. The van der Waals surface area contributed by atoms with Gasteiger partial charge in [-0.25, -0.2) is 0 Å². The van der Waals surface area contributed by atoms with Gasteiger partial charge in [0.25, 0.3) is 0 Å². The lowest BCUT2D eigenvalue weighted by atomic mass is 10.2. The maximum Gasteiger partial charge on any atom is 0.226 e. The minimum atomic E-state index is 0.300. The van der Waals surface area contributed by atoms with E-state index in [0.717, 1.165) is 44.3 Å². The molecule has 0 atom stereocenters. The Morgan fingerprint density at radius 1 is 1.26 bits per heavy atom. The summed E-state index contributed by atoms with van der Waals surface area (Å²) >= 11 is 0. The Hall–Kier alpha value is -2.31. The molecule has 0 saturated carbocycles. The van der Waals surface area contributed by atoms with E-state index >= 15 is 0 Å². The maximum absolute atomic E-state index is 5.23. The summed E-state index contributed by atoms with van der Waals surface area (Å²) in [5.41, 5.74) is 0. The molecule has 0 radical (unpaired) electrons. The first-order chi connectivity index (χ1) is 11.2. The Kier molecular flexibility index (Phi) is 6.65. The van der Waals surface area contributed by atoms with Crippen molar-refractivity contribution in [3.05, 3.63) is 36.2 Å². The quantitative estimate of drug-likeness (QED) is 0.441. The highest BCUT2D eigenvalue weighted by atomic mass is 16.5. The van der Waals surface area contributed by atoms with Crippen molar-refractivity contribution in [2.45, 2.75) is 39.2 Å². The molecule has 126 valence electrons. The number of nitrogens with zero attached hydrogens (tertiary/aromatic N) is 4. The Labute approximate surface area is 137 Å². The van der Waals surface area contributed by atoms with E-state index in [0.29, 0.717) is 11.8 Å². The van der Waals surface area contributed by atoms with Crippen LogP contribution < -0.4 is 10.6 Å². The van der Waals surface area contributed by atoms with Gasteiger partial charge in [-0.05, 0) is 18.6 Å². The zero-order valence-corrected chi connectivity index (χ0v) is 14.1. The number of nitrogens with one attached hydrogen (secondary N) is 2. The summed E-state index contributed by atoms with van der Waals surface area (Å²) in [5.74, 6) is 2.58. The predicted molar refractivity (Wildman–Crippen MR) is 90.5 cm³/mol. The molecule has 0 aliphatic carbocycles. The van der Waals surface area contributed by atoms with Crippen molar-refractivity contribution >= 4 is 5.96 Å². The fraction of sp³-hybridized carbons (Fsp3) is 0.562. The summed E-state index contributed by atoms with van der Waals surface area (Å²) in [6.07, 6.45) is 5.78. The Balaban J connectivity index is 1.61. The van der Waals surface area contributed by atoms with Crippen molar-refractivity contribution in [2.24, 2.45) is 4.99 Å². The van der Waals surface area contributed by atoms with E-state index < -0.39 is 0 Å². The van der Waals surface area contributed by atoms with Gasteiger partial charge in [0, 0.05) is 51.4 Å². The first-order valence-corrected chi connectivity index (χ1v) is 8.07. The van der Waals surface area contributed by atoms with Gasteiger partial charge < -0.3 is 19.7 Å². The van der Waals surface area contributed by atoms with E-state index in [1.165, 1.54) is 0 Å². The van der Waals surface area contributed by atoms with Crippen LogP contribution in [0, 0.1) is 0 Å². The minimum Gasteiger partial charge on any atom is -0.356 e. The number of guanidine groups is 1. The zero-order valence-electron chi connectivity index (χ0n) is 14.1. The molecule has 0 aliphatic heterocycles. The molecule has 0 unspecified atom stereocenters. The number of rotatable bonds is 8. The molecule has 0 amide bonds. The predicted octanol–water partition coefficient (Wildman–Crippen LogP) is 1.79. The summed E-state index contributed by atoms with van der Waals surface area (Å²) in [5, 5.41) is 10.5. The Bertz CT molecular complexity index is 587. The number of hydrogen-bond acceptors (Lipinski definition) is 4. The van der Waals surface area contributed by atoms with Gasteiger partial charge in [-0.1, -0.05) is 19.0 Å². The largest absolute Gasteiger partial charge is 0.356 e. The third kappa shape index (κ3) is 5.77. The van der Waals surface area contributed by atoms with Crippen LogP contribution in [0.2, 0.25) is 0 Å². The lowest BCUT2D eigenvalue weighted by Crippen LogP contribution is -2.39. The minimum absolute atomic E-state index is 0.300. The van der Waals surface area contributed by atoms with Crippen molar-refractivity contribution in [2.75, 3.05) is 20.1 Å². The molecule has 0 spiro atoms. The molecule has 2 heterocycles. The monoisotopic (exact) mass is 318 g/mol. The van der Waals surface area contributed by atoms with E-state index in [-0.39, 0.29) is 0 Å². The molecular formula is C16H26N6O. The van der Waals surface area contributed by atoms with Crippen molar-refractivity contribution < 1.29 is 4.52 Å². The van der Waals surface area contributed by atoms with Gasteiger partial charge in [0.2, 0.25) is 5.89 Å². The third-order valence-corrected chi connectivity index (χ3v) is 3.41. The molecule has 2 aromatic rings.